The first-order valence-corrected chi connectivity index (χ1v) is 6.89. The molecule has 0 amide bonds. The van der Waals surface area contributed by atoms with Crippen molar-refractivity contribution in [1.29, 1.82) is 0 Å². The van der Waals surface area contributed by atoms with Gasteiger partial charge in [0.2, 0.25) is 10.0 Å². The highest BCUT2D eigenvalue weighted by Gasteiger charge is 2.24. The van der Waals surface area contributed by atoms with Gasteiger partial charge in [0, 0.05) is 5.75 Å². The van der Waals surface area contributed by atoms with Crippen molar-refractivity contribution in [3.8, 4) is 0 Å². The summed E-state index contributed by atoms with van der Waals surface area (Å²) in [7, 11) is -2.54. The molecule has 0 aliphatic rings. The van der Waals surface area contributed by atoms with Gasteiger partial charge in [0.15, 0.2) is 0 Å². The topological polar surface area (TPSA) is 72.5 Å². The number of carbonyl (C=O) groups is 1. The number of sulfonamides is 1. The molecule has 0 spiro atoms. The fourth-order valence-electron chi connectivity index (χ4n) is 1.16. The second kappa shape index (κ2) is 6.04. The molecule has 5 nitrogen and oxygen atoms in total. The molecule has 0 aromatic heterocycles. The molecule has 1 atom stereocenters. The van der Waals surface area contributed by atoms with E-state index in [-0.39, 0.29) is 10.6 Å². The Bertz CT molecular complexity index is 472. The van der Waals surface area contributed by atoms with Crippen molar-refractivity contribution in [1.82, 2.24) is 4.72 Å². The molecule has 1 N–H and O–H groups in total. The molecule has 0 saturated carbocycles. The third-order valence-electron chi connectivity index (χ3n) is 2.02. The lowest BCUT2D eigenvalue weighted by molar-refractivity contribution is -0.141. The summed E-state index contributed by atoms with van der Waals surface area (Å²) in [4.78, 5) is 11.3. The van der Waals surface area contributed by atoms with Gasteiger partial charge in [0.05, 0.1) is 12.0 Å². The number of rotatable bonds is 5. The molecule has 0 aliphatic carbocycles. The molecule has 94 valence electrons. The normalized spacial score (nSPS) is 13.1. The molecule has 1 aromatic rings. The summed E-state index contributed by atoms with van der Waals surface area (Å²) in [6, 6.07) is 6.79. The molecule has 0 bridgehead atoms. The highest BCUT2D eigenvalue weighted by molar-refractivity contribution is 7.89. The van der Waals surface area contributed by atoms with Crippen LogP contribution in [0.5, 0.6) is 0 Å². The van der Waals surface area contributed by atoms with Crippen LogP contribution >= 0.6 is 12.6 Å². The Kier molecular flexibility index (Phi) is 4.98. The van der Waals surface area contributed by atoms with Gasteiger partial charge in [-0.1, -0.05) is 18.2 Å². The van der Waals surface area contributed by atoms with Gasteiger partial charge in [-0.2, -0.15) is 17.4 Å². The number of methoxy groups -OCH3 is 1. The Labute approximate surface area is 106 Å². The Hall–Kier alpha value is -1.05. The molecular weight excluding hydrogens is 262 g/mol. The van der Waals surface area contributed by atoms with Gasteiger partial charge in [0.1, 0.15) is 6.04 Å². The lowest BCUT2D eigenvalue weighted by Gasteiger charge is -2.14. The number of benzene rings is 1. The van der Waals surface area contributed by atoms with Gasteiger partial charge < -0.3 is 4.74 Å². The van der Waals surface area contributed by atoms with Gasteiger partial charge in [-0.25, -0.2) is 8.42 Å². The van der Waals surface area contributed by atoms with Gasteiger partial charge in [-0.15, -0.1) is 0 Å². The maximum atomic E-state index is 11.9. The molecule has 0 radical (unpaired) electrons. The summed E-state index contributed by atoms with van der Waals surface area (Å²) in [5.41, 5.74) is 0. The van der Waals surface area contributed by atoms with Crippen LogP contribution in [0.4, 0.5) is 0 Å². The van der Waals surface area contributed by atoms with Crippen LogP contribution < -0.4 is 4.72 Å². The Balaban J connectivity index is 2.90. The number of hydrogen-bond donors (Lipinski definition) is 2. The van der Waals surface area contributed by atoms with Gasteiger partial charge in [-0.3, -0.25) is 4.79 Å². The van der Waals surface area contributed by atoms with Crippen molar-refractivity contribution in [3.05, 3.63) is 30.3 Å². The highest BCUT2D eigenvalue weighted by atomic mass is 32.2. The zero-order valence-corrected chi connectivity index (χ0v) is 10.9. The van der Waals surface area contributed by atoms with Gasteiger partial charge in [-0.05, 0) is 12.1 Å². The Morgan fingerprint density at radius 3 is 2.47 bits per heavy atom. The smallest absolute Gasteiger partial charge is 0.324 e. The quantitative estimate of drug-likeness (QED) is 0.604. The lowest BCUT2D eigenvalue weighted by atomic mass is 10.4. The van der Waals surface area contributed by atoms with E-state index in [2.05, 4.69) is 22.1 Å². The van der Waals surface area contributed by atoms with E-state index in [1.54, 1.807) is 18.2 Å². The maximum Gasteiger partial charge on any atom is 0.324 e. The number of carbonyl (C=O) groups excluding carboxylic acids is 1. The van der Waals surface area contributed by atoms with Crippen LogP contribution in [0.1, 0.15) is 0 Å². The summed E-state index contributed by atoms with van der Waals surface area (Å²) in [5.74, 6) is -0.641. The molecule has 0 fully saturated rings. The number of ether oxygens (including phenoxy) is 1. The van der Waals surface area contributed by atoms with Gasteiger partial charge in [0.25, 0.3) is 0 Å². The predicted molar refractivity (Wildman–Crippen MR) is 66.4 cm³/mol. The SMILES string of the molecule is COC(=O)[C@H](CS)NS(=O)(=O)c1ccccc1. The van der Waals surface area contributed by atoms with Crippen molar-refractivity contribution in [2.24, 2.45) is 0 Å². The van der Waals surface area contributed by atoms with Crippen molar-refractivity contribution in [2.45, 2.75) is 10.9 Å². The van der Waals surface area contributed by atoms with E-state index in [1.807, 2.05) is 0 Å². The highest BCUT2D eigenvalue weighted by Crippen LogP contribution is 2.08. The molecule has 0 unspecified atom stereocenters. The van der Waals surface area contributed by atoms with Crippen molar-refractivity contribution < 1.29 is 17.9 Å². The number of nitrogens with one attached hydrogen (secondary N) is 1. The molecule has 0 aliphatic heterocycles. The van der Waals surface area contributed by atoms with Crippen LogP contribution in [0.2, 0.25) is 0 Å². The molecular formula is C10H13NO4S2. The fourth-order valence-corrected chi connectivity index (χ4v) is 2.73. The minimum absolute atomic E-state index is 0.0265. The predicted octanol–water partition coefficient (Wildman–Crippen LogP) is 0.436. The van der Waals surface area contributed by atoms with Crippen LogP contribution in [0.25, 0.3) is 0 Å². The van der Waals surface area contributed by atoms with E-state index in [0.29, 0.717) is 0 Å². The largest absolute Gasteiger partial charge is 0.468 e. The summed E-state index contributed by atoms with van der Waals surface area (Å²) in [5, 5.41) is 0. The summed E-state index contributed by atoms with van der Waals surface area (Å²) < 4.78 is 30.4. The standard InChI is InChI=1S/C10H13NO4S2/c1-15-10(12)9(7-16)11-17(13,14)8-5-3-2-4-6-8/h2-6,9,11,16H,7H2,1H3/t9-/m0/s1. The van der Waals surface area contributed by atoms with E-state index in [4.69, 9.17) is 0 Å². The zero-order chi connectivity index (χ0) is 12.9. The molecule has 1 aromatic carbocycles. The second-order valence-electron chi connectivity index (χ2n) is 3.19. The molecule has 0 heterocycles. The zero-order valence-electron chi connectivity index (χ0n) is 9.16. The average molecular weight is 275 g/mol. The first kappa shape index (κ1) is 14.0. The lowest BCUT2D eigenvalue weighted by Crippen LogP contribution is -2.42. The molecule has 0 saturated heterocycles. The fraction of sp³-hybridized carbons (Fsp3) is 0.300. The maximum absolute atomic E-state index is 11.9. The van der Waals surface area contributed by atoms with Crippen LogP contribution in [0.15, 0.2) is 35.2 Å². The van der Waals surface area contributed by atoms with E-state index < -0.39 is 22.0 Å². The van der Waals surface area contributed by atoms with E-state index in [1.165, 1.54) is 19.2 Å². The van der Waals surface area contributed by atoms with Crippen LogP contribution in [0, 0.1) is 0 Å². The monoisotopic (exact) mass is 275 g/mol. The van der Waals surface area contributed by atoms with E-state index in [0.717, 1.165) is 0 Å². The van der Waals surface area contributed by atoms with Crippen LogP contribution in [0.3, 0.4) is 0 Å². The Morgan fingerprint density at radius 2 is 2.00 bits per heavy atom. The first-order chi connectivity index (χ1) is 8.01. The van der Waals surface area contributed by atoms with Crippen LogP contribution in [-0.2, 0) is 19.6 Å². The summed E-state index contributed by atoms with van der Waals surface area (Å²) in [6.07, 6.45) is 0. The average Bonchev–Trinajstić information content (AvgIpc) is 2.36. The van der Waals surface area contributed by atoms with Crippen LogP contribution in [-0.4, -0.2) is 33.3 Å². The number of esters is 1. The number of thiol groups is 1. The molecule has 7 heteroatoms. The molecule has 1 rings (SSSR count). The second-order valence-corrected chi connectivity index (χ2v) is 5.27. The first-order valence-electron chi connectivity index (χ1n) is 4.77. The summed E-state index contributed by atoms with van der Waals surface area (Å²) in [6.45, 7) is 0. The van der Waals surface area contributed by atoms with Crippen molar-refractivity contribution in [2.75, 3.05) is 12.9 Å². The molecule has 17 heavy (non-hydrogen) atoms. The number of hydrogen-bond acceptors (Lipinski definition) is 5. The Morgan fingerprint density at radius 1 is 1.41 bits per heavy atom. The third-order valence-corrected chi connectivity index (χ3v) is 3.87. The van der Waals surface area contributed by atoms with Crippen molar-refractivity contribution >= 4 is 28.6 Å². The van der Waals surface area contributed by atoms with Gasteiger partial charge >= 0.3 is 5.97 Å². The van der Waals surface area contributed by atoms with E-state index in [9.17, 15) is 13.2 Å². The minimum atomic E-state index is -3.73. The van der Waals surface area contributed by atoms with Crippen molar-refractivity contribution in [3.63, 3.8) is 0 Å². The third kappa shape index (κ3) is 3.72. The summed E-state index contributed by atoms with van der Waals surface area (Å²) >= 11 is 3.91. The minimum Gasteiger partial charge on any atom is -0.468 e. The van der Waals surface area contributed by atoms with E-state index >= 15 is 0 Å².